The number of nitrogens with zero attached hydrogens (tertiary/aromatic N) is 1. The number of rotatable bonds is 5. The minimum Gasteiger partial charge on any atom is -0.481 e. The van der Waals surface area contributed by atoms with Crippen LogP contribution in [0.1, 0.15) is 39.5 Å². The highest BCUT2D eigenvalue weighted by molar-refractivity contribution is 5.83. The van der Waals surface area contributed by atoms with Crippen LogP contribution < -0.4 is 11.1 Å². The van der Waals surface area contributed by atoms with Gasteiger partial charge in [0.1, 0.15) is 6.54 Å². The Labute approximate surface area is 118 Å². The van der Waals surface area contributed by atoms with E-state index in [0.717, 1.165) is 0 Å². The first-order valence-corrected chi connectivity index (χ1v) is 6.89. The van der Waals surface area contributed by atoms with E-state index in [1.54, 1.807) is 0 Å². The van der Waals surface area contributed by atoms with Gasteiger partial charge < -0.3 is 21.1 Å². The molecule has 0 aliphatic heterocycles. The van der Waals surface area contributed by atoms with E-state index in [4.69, 9.17) is 10.8 Å². The van der Waals surface area contributed by atoms with Crippen LogP contribution in [0.5, 0.6) is 0 Å². The van der Waals surface area contributed by atoms with Crippen LogP contribution in [-0.2, 0) is 9.59 Å². The van der Waals surface area contributed by atoms with Crippen LogP contribution in [0.15, 0.2) is 0 Å². The number of hydrogen-bond donors (Lipinski definition) is 3. The minimum absolute atomic E-state index is 0.0350. The summed E-state index contributed by atoms with van der Waals surface area (Å²) in [7, 11) is 0. The van der Waals surface area contributed by atoms with E-state index in [2.05, 4.69) is 5.32 Å². The average molecular weight is 285 g/mol. The smallest absolute Gasteiger partial charge is 0.318 e. The van der Waals surface area contributed by atoms with Gasteiger partial charge in [0.05, 0.1) is 5.92 Å². The van der Waals surface area contributed by atoms with Crippen LogP contribution in [0.3, 0.4) is 0 Å². The summed E-state index contributed by atoms with van der Waals surface area (Å²) in [6.07, 6.45) is 2.42. The number of primary amides is 1. The molecule has 0 unspecified atom stereocenters. The summed E-state index contributed by atoms with van der Waals surface area (Å²) >= 11 is 0. The van der Waals surface area contributed by atoms with Gasteiger partial charge in [-0.2, -0.15) is 0 Å². The van der Waals surface area contributed by atoms with Gasteiger partial charge in [-0.3, -0.25) is 9.59 Å². The molecule has 0 radical (unpaired) electrons. The lowest BCUT2D eigenvalue weighted by Gasteiger charge is -2.31. The van der Waals surface area contributed by atoms with Gasteiger partial charge in [-0.05, 0) is 39.5 Å². The fourth-order valence-corrected chi connectivity index (χ4v) is 2.40. The highest BCUT2D eigenvalue weighted by atomic mass is 16.4. The molecule has 0 saturated heterocycles. The average Bonchev–Trinajstić information content (AvgIpc) is 2.35. The maximum absolute atomic E-state index is 12.1. The lowest BCUT2D eigenvalue weighted by Crippen LogP contribution is -2.51. The highest BCUT2D eigenvalue weighted by Gasteiger charge is 2.28. The molecule has 1 aliphatic rings. The Hall–Kier alpha value is -1.79. The molecule has 0 atom stereocenters. The van der Waals surface area contributed by atoms with Gasteiger partial charge in [-0.15, -0.1) is 0 Å². The molecule has 1 rings (SSSR count). The molecular weight excluding hydrogens is 262 g/mol. The zero-order chi connectivity index (χ0) is 15.3. The number of nitrogens with two attached hydrogens (primary N) is 1. The van der Waals surface area contributed by atoms with Crippen LogP contribution in [0, 0.1) is 5.92 Å². The lowest BCUT2D eigenvalue weighted by atomic mass is 9.86. The fraction of sp³-hybridized carbons (Fsp3) is 0.769. The van der Waals surface area contributed by atoms with Crippen LogP contribution in [0.4, 0.5) is 4.79 Å². The molecule has 0 aromatic carbocycles. The molecule has 20 heavy (non-hydrogen) atoms. The zero-order valence-corrected chi connectivity index (χ0v) is 12.0. The Balaban J connectivity index is 2.49. The van der Waals surface area contributed by atoms with Gasteiger partial charge >= 0.3 is 12.0 Å². The number of carboxylic acids is 1. The zero-order valence-electron chi connectivity index (χ0n) is 12.0. The second-order valence-corrected chi connectivity index (χ2v) is 5.52. The van der Waals surface area contributed by atoms with Gasteiger partial charge in [0.15, 0.2) is 0 Å². The van der Waals surface area contributed by atoms with Crippen molar-refractivity contribution in [2.45, 2.75) is 51.6 Å². The topological polar surface area (TPSA) is 113 Å². The fourth-order valence-electron chi connectivity index (χ4n) is 2.40. The van der Waals surface area contributed by atoms with E-state index in [1.165, 1.54) is 4.90 Å². The van der Waals surface area contributed by atoms with Crippen molar-refractivity contribution in [2.75, 3.05) is 6.54 Å². The van der Waals surface area contributed by atoms with Gasteiger partial charge in [0, 0.05) is 12.1 Å². The second kappa shape index (κ2) is 7.12. The molecular formula is C13H23N3O4. The summed E-state index contributed by atoms with van der Waals surface area (Å²) in [5, 5.41) is 11.8. The van der Waals surface area contributed by atoms with Gasteiger partial charge in [-0.25, -0.2) is 4.79 Å². The van der Waals surface area contributed by atoms with Crippen LogP contribution in [0.2, 0.25) is 0 Å². The minimum atomic E-state index is -0.771. The van der Waals surface area contributed by atoms with E-state index < -0.39 is 11.9 Å². The summed E-state index contributed by atoms with van der Waals surface area (Å²) in [6.45, 7) is 3.50. The van der Waals surface area contributed by atoms with E-state index in [1.807, 2.05) is 13.8 Å². The molecule has 0 aromatic heterocycles. The standard InChI is InChI=1S/C13H23N3O4/c1-8(2)16(7-11(14)17)13(20)15-10-5-3-9(4-6-10)12(18)19/h8-10H,3-7H2,1-2H3,(H2,14,17)(H,15,20)(H,18,19). The molecule has 3 amide bonds. The van der Waals surface area contributed by atoms with E-state index in [0.29, 0.717) is 25.7 Å². The molecule has 0 bridgehead atoms. The van der Waals surface area contributed by atoms with Gasteiger partial charge in [0.2, 0.25) is 5.91 Å². The number of carbonyl (C=O) groups excluding carboxylic acids is 2. The first kappa shape index (κ1) is 16.3. The maximum Gasteiger partial charge on any atom is 0.318 e. The summed E-state index contributed by atoms with van der Waals surface area (Å²) in [6, 6.07) is -0.484. The number of carbonyl (C=O) groups is 3. The second-order valence-electron chi connectivity index (χ2n) is 5.52. The monoisotopic (exact) mass is 285 g/mol. The maximum atomic E-state index is 12.1. The molecule has 7 heteroatoms. The predicted molar refractivity (Wildman–Crippen MR) is 72.9 cm³/mol. The molecule has 0 aromatic rings. The number of aliphatic carboxylic acids is 1. The Bertz CT molecular complexity index is 376. The Kier molecular flexibility index (Phi) is 5.79. The molecule has 1 fully saturated rings. The Morgan fingerprint density at radius 2 is 1.80 bits per heavy atom. The van der Waals surface area contributed by atoms with Crippen molar-refractivity contribution in [2.24, 2.45) is 11.7 Å². The highest BCUT2D eigenvalue weighted by Crippen LogP contribution is 2.24. The van der Waals surface area contributed by atoms with Crippen molar-refractivity contribution >= 4 is 17.9 Å². The van der Waals surface area contributed by atoms with Crippen LogP contribution in [0.25, 0.3) is 0 Å². The third-order valence-electron chi connectivity index (χ3n) is 3.61. The quantitative estimate of drug-likeness (QED) is 0.684. The Morgan fingerprint density at radius 1 is 1.25 bits per heavy atom. The summed E-state index contributed by atoms with van der Waals surface area (Å²) in [5.74, 6) is -1.63. The number of carboxylic acid groups (broad SMARTS) is 1. The summed E-state index contributed by atoms with van der Waals surface area (Å²) in [5.41, 5.74) is 5.13. The summed E-state index contributed by atoms with van der Waals surface area (Å²) in [4.78, 5) is 35.3. The van der Waals surface area contributed by atoms with Gasteiger partial charge in [-0.1, -0.05) is 0 Å². The molecule has 0 heterocycles. The van der Waals surface area contributed by atoms with Crippen molar-refractivity contribution in [3.8, 4) is 0 Å². The van der Waals surface area contributed by atoms with Crippen molar-refractivity contribution in [1.29, 1.82) is 0 Å². The first-order chi connectivity index (χ1) is 9.31. The van der Waals surface area contributed by atoms with Crippen LogP contribution in [-0.4, -0.2) is 46.5 Å². The number of hydrogen-bond acceptors (Lipinski definition) is 3. The normalized spacial score (nSPS) is 22.4. The first-order valence-electron chi connectivity index (χ1n) is 6.89. The van der Waals surface area contributed by atoms with E-state index in [9.17, 15) is 14.4 Å². The van der Waals surface area contributed by atoms with E-state index in [-0.39, 0.29) is 30.6 Å². The molecule has 114 valence electrons. The molecule has 4 N–H and O–H groups in total. The van der Waals surface area contributed by atoms with Crippen molar-refractivity contribution < 1.29 is 19.5 Å². The predicted octanol–water partition coefficient (Wildman–Crippen LogP) is 0.535. The molecule has 7 nitrogen and oxygen atoms in total. The van der Waals surface area contributed by atoms with Crippen molar-refractivity contribution in [1.82, 2.24) is 10.2 Å². The summed E-state index contributed by atoms with van der Waals surface area (Å²) < 4.78 is 0. The Morgan fingerprint density at radius 3 is 2.20 bits per heavy atom. The molecule has 1 saturated carbocycles. The number of amides is 3. The lowest BCUT2D eigenvalue weighted by molar-refractivity contribution is -0.142. The molecule has 0 spiro atoms. The third-order valence-corrected chi connectivity index (χ3v) is 3.61. The third kappa shape index (κ3) is 4.71. The van der Waals surface area contributed by atoms with Crippen molar-refractivity contribution in [3.05, 3.63) is 0 Å². The van der Waals surface area contributed by atoms with E-state index >= 15 is 0 Å². The largest absolute Gasteiger partial charge is 0.481 e. The number of nitrogens with one attached hydrogen (secondary N) is 1. The molecule has 1 aliphatic carbocycles. The van der Waals surface area contributed by atoms with Crippen molar-refractivity contribution in [3.63, 3.8) is 0 Å². The number of urea groups is 1. The van der Waals surface area contributed by atoms with Gasteiger partial charge in [0.25, 0.3) is 0 Å². The van der Waals surface area contributed by atoms with Crippen LogP contribution >= 0.6 is 0 Å². The SMILES string of the molecule is CC(C)N(CC(N)=O)C(=O)NC1CCC(C(=O)O)CC1.